The van der Waals surface area contributed by atoms with Gasteiger partial charge in [-0.2, -0.15) is 0 Å². The van der Waals surface area contributed by atoms with Gasteiger partial charge in [0.15, 0.2) is 11.5 Å². The number of rotatable bonds is 4. The van der Waals surface area contributed by atoms with Crippen LogP contribution in [0.1, 0.15) is 13.8 Å². The first-order chi connectivity index (χ1) is 10.1. The lowest BCUT2D eigenvalue weighted by Crippen LogP contribution is -2.39. The number of carbonyl (C=O) groups excluding carboxylic acids is 1. The Bertz CT molecular complexity index is 700. The lowest BCUT2D eigenvalue weighted by Gasteiger charge is -2.20. The van der Waals surface area contributed by atoms with E-state index < -0.39 is 11.9 Å². The van der Waals surface area contributed by atoms with Crippen LogP contribution in [0, 0.1) is 5.92 Å². The van der Waals surface area contributed by atoms with Crippen molar-refractivity contribution in [2.45, 2.75) is 19.9 Å². The smallest absolute Gasteiger partial charge is 0.240 e. The highest BCUT2D eigenvalue weighted by Gasteiger charge is 2.22. The SMILES string of the molecule is CC(C)C(Nc1nccc2cc3c(cc12)OCO3)C(N)=O. The molecule has 6 nitrogen and oxygen atoms in total. The molecule has 1 aliphatic rings. The maximum Gasteiger partial charge on any atom is 0.240 e. The van der Waals surface area contributed by atoms with E-state index in [-0.39, 0.29) is 12.7 Å². The van der Waals surface area contributed by atoms with Crippen LogP contribution in [0.25, 0.3) is 10.8 Å². The number of primary amides is 1. The minimum atomic E-state index is -0.478. The van der Waals surface area contributed by atoms with Crippen LogP contribution in [0.4, 0.5) is 5.82 Å². The first kappa shape index (κ1) is 13.5. The molecule has 1 aliphatic heterocycles. The summed E-state index contributed by atoms with van der Waals surface area (Å²) < 4.78 is 10.8. The van der Waals surface area contributed by atoms with E-state index in [0.717, 1.165) is 16.5 Å². The molecule has 0 saturated carbocycles. The van der Waals surface area contributed by atoms with Gasteiger partial charge in [-0.05, 0) is 29.5 Å². The third-order valence-corrected chi connectivity index (χ3v) is 3.52. The Morgan fingerprint density at radius 3 is 2.71 bits per heavy atom. The van der Waals surface area contributed by atoms with E-state index in [1.54, 1.807) is 6.20 Å². The average molecular weight is 287 g/mol. The van der Waals surface area contributed by atoms with Crippen molar-refractivity contribution in [3.8, 4) is 11.5 Å². The van der Waals surface area contributed by atoms with Crippen LogP contribution < -0.4 is 20.5 Å². The number of ether oxygens (including phenoxy) is 2. The molecule has 0 radical (unpaired) electrons. The number of nitrogens with two attached hydrogens (primary N) is 1. The highest BCUT2D eigenvalue weighted by Crippen LogP contribution is 2.37. The van der Waals surface area contributed by atoms with E-state index in [9.17, 15) is 4.79 Å². The Kier molecular flexibility index (Phi) is 3.29. The number of fused-ring (bicyclic) bond motifs is 2. The summed E-state index contributed by atoms with van der Waals surface area (Å²) in [7, 11) is 0. The molecule has 110 valence electrons. The maximum atomic E-state index is 11.6. The van der Waals surface area contributed by atoms with Crippen molar-refractivity contribution in [2.75, 3.05) is 12.1 Å². The zero-order chi connectivity index (χ0) is 15.0. The topological polar surface area (TPSA) is 86.5 Å². The van der Waals surface area contributed by atoms with Crippen LogP contribution in [0.5, 0.6) is 11.5 Å². The number of nitrogens with one attached hydrogen (secondary N) is 1. The van der Waals surface area contributed by atoms with Crippen LogP contribution >= 0.6 is 0 Å². The summed E-state index contributed by atoms with van der Waals surface area (Å²) in [6.07, 6.45) is 1.69. The standard InChI is InChI=1S/C15H17N3O3/c1-8(2)13(14(16)19)18-15-10-6-12-11(20-7-21-12)5-9(10)3-4-17-15/h3-6,8,13H,7H2,1-2H3,(H2,16,19)(H,17,18). The zero-order valence-electron chi connectivity index (χ0n) is 11.9. The van der Waals surface area contributed by atoms with E-state index in [0.29, 0.717) is 11.6 Å². The molecule has 1 unspecified atom stereocenters. The van der Waals surface area contributed by atoms with E-state index in [2.05, 4.69) is 10.3 Å². The van der Waals surface area contributed by atoms with Crippen molar-refractivity contribution < 1.29 is 14.3 Å². The fourth-order valence-electron chi connectivity index (χ4n) is 2.39. The van der Waals surface area contributed by atoms with Crippen LogP contribution in [0.2, 0.25) is 0 Å². The normalized spacial score (nSPS) is 14.4. The number of benzene rings is 1. The number of hydrogen-bond acceptors (Lipinski definition) is 5. The summed E-state index contributed by atoms with van der Waals surface area (Å²) in [5.74, 6) is 1.68. The van der Waals surface area contributed by atoms with Crippen molar-refractivity contribution in [1.82, 2.24) is 4.98 Å². The van der Waals surface area contributed by atoms with Gasteiger partial charge in [-0.25, -0.2) is 4.98 Å². The number of aromatic nitrogens is 1. The number of pyridine rings is 1. The molecule has 3 N–H and O–H groups in total. The molecule has 3 rings (SSSR count). The summed E-state index contributed by atoms with van der Waals surface area (Å²) in [6, 6.07) is 5.18. The Hall–Kier alpha value is -2.50. The maximum absolute atomic E-state index is 11.6. The van der Waals surface area contributed by atoms with Crippen LogP contribution in [-0.2, 0) is 4.79 Å². The van der Waals surface area contributed by atoms with Gasteiger partial charge in [0.05, 0.1) is 0 Å². The summed E-state index contributed by atoms with van der Waals surface area (Å²) >= 11 is 0. The minimum absolute atomic E-state index is 0.0635. The largest absolute Gasteiger partial charge is 0.454 e. The average Bonchev–Trinajstić information content (AvgIpc) is 2.88. The summed E-state index contributed by atoms with van der Waals surface area (Å²) in [5, 5.41) is 4.96. The number of nitrogens with zero attached hydrogens (tertiary/aromatic N) is 1. The molecule has 1 atom stereocenters. The second-order valence-corrected chi connectivity index (χ2v) is 5.35. The summed E-state index contributed by atoms with van der Waals surface area (Å²) in [5.41, 5.74) is 5.45. The Morgan fingerprint density at radius 1 is 1.33 bits per heavy atom. The third kappa shape index (κ3) is 2.44. The van der Waals surface area contributed by atoms with Crippen LogP contribution in [0.3, 0.4) is 0 Å². The predicted octanol–water partition coefficient (Wildman–Crippen LogP) is 1.89. The van der Waals surface area contributed by atoms with E-state index in [4.69, 9.17) is 15.2 Å². The molecule has 2 heterocycles. The summed E-state index contributed by atoms with van der Waals surface area (Å²) in [6.45, 7) is 4.09. The lowest BCUT2D eigenvalue weighted by molar-refractivity contribution is -0.119. The quantitative estimate of drug-likeness (QED) is 0.896. The van der Waals surface area contributed by atoms with E-state index >= 15 is 0 Å². The van der Waals surface area contributed by atoms with Crippen molar-refractivity contribution in [3.05, 3.63) is 24.4 Å². The Morgan fingerprint density at radius 2 is 2.05 bits per heavy atom. The van der Waals surface area contributed by atoms with Gasteiger partial charge in [-0.3, -0.25) is 4.79 Å². The molecule has 0 bridgehead atoms. The minimum Gasteiger partial charge on any atom is -0.454 e. The van der Waals surface area contributed by atoms with Gasteiger partial charge in [0.2, 0.25) is 12.7 Å². The summed E-state index contributed by atoms with van der Waals surface area (Å²) in [4.78, 5) is 15.9. The second kappa shape index (κ2) is 5.12. The van der Waals surface area contributed by atoms with Crippen molar-refractivity contribution >= 4 is 22.5 Å². The van der Waals surface area contributed by atoms with Gasteiger partial charge in [-0.1, -0.05) is 13.8 Å². The van der Waals surface area contributed by atoms with Crippen molar-refractivity contribution in [3.63, 3.8) is 0 Å². The molecule has 1 aromatic carbocycles. The van der Waals surface area contributed by atoms with Crippen molar-refractivity contribution in [1.29, 1.82) is 0 Å². The van der Waals surface area contributed by atoms with E-state index in [1.807, 2.05) is 32.0 Å². The zero-order valence-corrected chi connectivity index (χ0v) is 11.9. The number of anilines is 1. The third-order valence-electron chi connectivity index (χ3n) is 3.52. The van der Waals surface area contributed by atoms with E-state index in [1.165, 1.54) is 0 Å². The molecule has 0 aliphatic carbocycles. The van der Waals surface area contributed by atoms with Crippen molar-refractivity contribution in [2.24, 2.45) is 11.7 Å². The fraction of sp³-hybridized carbons (Fsp3) is 0.333. The highest BCUT2D eigenvalue weighted by molar-refractivity contribution is 5.96. The number of amides is 1. The predicted molar refractivity (Wildman–Crippen MR) is 79.3 cm³/mol. The Labute approximate surface area is 122 Å². The molecule has 0 fully saturated rings. The van der Waals surface area contributed by atoms with Crippen LogP contribution in [0.15, 0.2) is 24.4 Å². The number of carbonyl (C=O) groups is 1. The van der Waals surface area contributed by atoms with Gasteiger partial charge in [0, 0.05) is 11.6 Å². The number of hydrogen-bond donors (Lipinski definition) is 2. The second-order valence-electron chi connectivity index (χ2n) is 5.35. The van der Waals surface area contributed by atoms with Crippen LogP contribution in [-0.4, -0.2) is 23.7 Å². The van der Waals surface area contributed by atoms with Gasteiger partial charge in [0.1, 0.15) is 11.9 Å². The highest BCUT2D eigenvalue weighted by atomic mass is 16.7. The monoisotopic (exact) mass is 287 g/mol. The first-order valence-corrected chi connectivity index (χ1v) is 6.80. The molecule has 1 amide bonds. The molecular formula is C15H17N3O3. The van der Waals surface area contributed by atoms with Gasteiger partial charge >= 0.3 is 0 Å². The Balaban J connectivity index is 2.04. The molecular weight excluding hydrogens is 270 g/mol. The molecule has 6 heteroatoms. The molecule has 21 heavy (non-hydrogen) atoms. The van der Waals surface area contributed by atoms with Gasteiger partial charge in [-0.15, -0.1) is 0 Å². The molecule has 2 aromatic rings. The first-order valence-electron chi connectivity index (χ1n) is 6.80. The fourth-order valence-corrected chi connectivity index (χ4v) is 2.39. The van der Waals surface area contributed by atoms with Gasteiger partial charge in [0.25, 0.3) is 0 Å². The molecule has 0 spiro atoms. The molecule has 0 saturated heterocycles. The lowest BCUT2D eigenvalue weighted by atomic mass is 10.0. The van der Waals surface area contributed by atoms with Gasteiger partial charge < -0.3 is 20.5 Å². The molecule has 1 aromatic heterocycles.